The molecule has 2 aromatic rings. The molecule has 0 saturated carbocycles. The number of hydrogen-bond acceptors (Lipinski definition) is 7. The molecule has 1 N–H and O–H groups in total. The van der Waals surface area contributed by atoms with Gasteiger partial charge < -0.3 is 19.3 Å². The second-order valence-corrected chi connectivity index (χ2v) is 6.99. The quantitative estimate of drug-likeness (QED) is 0.580. The van der Waals surface area contributed by atoms with E-state index in [0.29, 0.717) is 56.8 Å². The maximum absolute atomic E-state index is 12.7. The Morgan fingerprint density at radius 1 is 1.34 bits per heavy atom. The Bertz CT molecular complexity index is 842. The fourth-order valence-corrected chi connectivity index (χ4v) is 3.32. The monoisotopic (exact) mass is 404 g/mol. The summed E-state index contributed by atoms with van der Waals surface area (Å²) in [4.78, 5) is 24.7. The number of nitrogens with one attached hydrogen (secondary N) is 1. The van der Waals surface area contributed by atoms with Crippen molar-refractivity contribution in [2.24, 2.45) is 0 Å². The molecule has 0 aliphatic carbocycles. The van der Waals surface area contributed by atoms with E-state index in [2.05, 4.69) is 15.6 Å². The van der Waals surface area contributed by atoms with Crippen molar-refractivity contribution in [1.29, 1.82) is 0 Å². The van der Waals surface area contributed by atoms with E-state index in [4.69, 9.17) is 14.0 Å². The van der Waals surface area contributed by atoms with Crippen LogP contribution in [0, 0.1) is 6.92 Å². The fourth-order valence-electron chi connectivity index (χ4n) is 3.32. The van der Waals surface area contributed by atoms with Crippen LogP contribution in [0.1, 0.15) is 64.2 Å². The highest BCUT2D eigenvalue weighted by Crippen LogP contribution is 2.19. The van der Waals surface area contributed by atoms with Crippen LogP contribution in [0.15, 0.2) is 10.6 Å². The van der Waals surface area contributed by atoms with Gasteiger partial charge in [-0.1, -0.05) is 12.1 Å². The molecule has 29 heavy (non-hydrogen) atoms. The summed E-state index contributed by atoms with van der Waals surface area (Å²) >= 11 is 0. The van der Waals surface area contributed by atoms with Crippen molar-refractivity contribution < 1.29 is 23.6 Å². The van der Waals surface area contributed by atoms with Gasteiger partial charge in [-0.15, -0.1) is 0 Å². The topological polar surface area (TPSA) is 108 Å². The highest BCUT2D eigenvalue weighted by molar-refractivity contribution is 5.96. The third kappa shape index (κ3) is 5.44. The van der Waals surface area contributed by atoms with Gasteiger partial charge in [0.05, 0.1) is 29.3 Å². The van der Waals surface area contributed by atoms with E-state index in [9.17, 15) is 9.59 Å². The van der Waals surface area contributed by atoms with Crippen LogP contribution in [0.3, 0.4) is 0 Å². The second kappa shape index (κ2) is 10.2. The van der Waals surface area contributed by atoms with Crippen LogP contribution in [0.5, 0.6) is 0 Å². The molecule has 3 heterocycles. The molecule has 0 aromatic carbocycles. The molecule has 0 radical (unpaired) electrons. The summed E-state index contributed by atoms with van der Waals surface area (Å²) in [5, 5.41) is 11.3. The summed E-state index contributed by atoms with van der Waals surface area (Å²) in [5.41, 5.74) is 3.03. The lowest BCUT2D eigenvalue weighted by molar-refractivity contribution is 0.0448. The number of hydrogen-bond donors (Lipinski definition) is 1. The zero-order chi connectivity index (χ0) is 20.6. The SMILES string of the molecule is CCc1nn(CCCOC(=O)c2cc(C)no2)c2c1C(=O)NCCCOCCC2. The molecule has 9 heteroatoms. The Morgan fingerprint density at radius 3 is 2.93 bits per heavy atom. The molecule has 1 aliphatic rings. The highest BCUT2D eigenvalue weighted by atomic mass is 16.6. The number of rotatable bonds is 6. The lowest BCUT2D eigenvalue weighted by Gasteiger charge is -2.10. The van der Waals surface area contributed by atoms with Gasteiger partial charge in [0.25, 0.3) is 5.91 Å². The lowest BCUT2D eigenvalue weighted by atomic mass is 10.1. The first kappa shape index (κ1) is 21.0. The first-order valence-electron chi connectivity index (χ1n) is 10.1. The molecule has 0 fully saturated rings. The molecule has 0 saturated heterocycles. The zero-order valence-corrected chi connectivity index (χ0v) is 17.0. The minimum atomic E-state index is -0.531. The number of aryl methyl sites for hydroxylation is 3. The van der Waals surface area contributed by atoms with Crippen LogP contribution in [0.25, 0.3) is 0 Å². The number of fused-ring (bicyclic) bond motifs is 1. The highest BCUT2D eigenvalue weighted by Gasteiger charge is 2.23. The number of amides is 1. The van der Waals surface area contributed by atoms with Crippen molar-refractivity contribution in [1.82, 2.24) is 20.3 Å². The Hall–Kier alpha value is -2.68. The molecule has 0 unspecified atom stereocenters. The zero-order valence-electron chi connectivity index (χ0n) is 17.0. The van der Waals surface area contributed by atoms with Gasteiger partial charge >= 0.3 is 5.97 Å². The van der Waals surface area contributed by atoms with Gasteiger partial charge in [-0.3, -0.25) is 9.48 Å². The lowest BCUT2D eigenvalue weighted by Crippen LogP contribution is -2.26. The first-order valence-corrected chi connectivity index (χ1v) is 10.1. The van der Waals surface area contributed by atoms with Crippen molar-refractivity contribution >= 4 is 11.9 Å². The molecule has 3 rings (SSSR count). The average molecular weight is 404 g/mol. The van der Waals surface area contributed by atoms with Crippen LogP contribution >= 0.6 is 0 Å². The molecule has 0 atom stereocenters. The maximum Gasteiger partial charge on any atom is 0.377 e. The predicted octanol–water partition coefficient (Wildman–Crippen LogP) is 2.07. The molecule has 0 bridgehead atoms. The summed E-state index contributed by atoms with van der Waals surface area (Å²) in [6, 6.07) is 1.54. The smallest absolute Gasteiger partial charge is 0.377 e. The van der Waals surface area contributed by atoms with E-state index < -0.39 is 5.97 Å². The summed E-state index contributed by atoms with van der Waals surface area (Å²) in [6.45, 7) is 6.42. The van der Waals surface area contributed by atoms with Crippen LogP contribution in [-0.4, -0.2) is 53.2 Å². The van der Waals surface area contributed by atoms with Crippen LogP contribution < -0.4 is 5.32 Å². The van der Waals surface area contributed by atoms with Crippen molar-refractivity contribution in [2.45, 2.75) is 52.5 Å². The van der Waals surface area contributed by atoms with E-state index >= 15 is 0 Å². The van der Waals surface area contributed by atoms with E-state index in [0.717, 1.165) is 24.2 Å². The van der Waals surface area contributed by atoms with E-state index in [-0.39, 0.29) is 18.3 Å². The van der Waals surface area contributed by atoms with Crippen molar-refractivity contribution in [3.63, 3.8) is 0 Å². The third-order valence-electron chi connectivity index (χ3n) is 4.72. The molecular weight excluding hydrogens is 376 g/mol. The van der Waals surface area contributed by atoms with Gasteiger partial charge in [0.15, 0.2) is 0 Å². The van der Waals surface area contributed by atoms with Crippen molar-refractivity contribution in [3.8, 4) is 0 Å². The van der Waals surface area contributed by atoms with Gasteiger partial charge in [0, 0.05) is 38.8 Å². The molecule has 1 aliphatic heterocycles. The van der Waals surface area contributed by atoms with Gasteiger partial charge in [0.2, 0.25) is 5.76 Å². The van der Waals surface area contributed by atoms with E-state index in [1.54, 1.807) is 13.0 Å². The molecule has 1 amide bonds. The van der Waals surface area contributed by atoms with Gasteiger partial charge in [0.1, 0.15) is 0 Å². The Labute approximate surface area is 169 Å². The van der Waals surface area contributed by atoms with Gasteiger partial charge in [-0.05, 0) is 32.6 Å². The molecule has 158 valence electrons. The molecule has 2 aromatic heterocycles. The number of ether oxygens (including phenoxy) is 2. The fraction of sp³-hybridized carbons (Fsp3) is 0.600. The van der Waals surface area contributed by atoms with Gasteiger partial charge in [-0.25, -0.2) is 4.79 Å². The maximum atomic E-state index is 12.7. The van der Waals surface area contributed by atoms with Crippen molar-refractivity contribution in [3.05, 3.63) is 34.5 Å². The summed E-state index contributed by atoms with van der Waals surface area (Å²) < 4.78 is 17.6. The second-order valence-electron chi connectivity index (χ2n) is 6.99. The minimum Gasteiger partial charge on any atom is -0.460 e. The Kier molecular flexibility index (Phi) is 7.40. The number of aromatic nitrogens is 3. The van der Waals surface area contributed by atoms with E-state index in [1.165, 1.54) is 0 Å². The summed E-state index contributed by atoms with van der Waals surface area (Å²) in [7, 11) is 0. The third-order valence-corrected chi connectivity index (χ3v) is 4.72. The van der Waals surface area contributed by atoms with E-state index in [1.807, 2.05) is 11.6 Å². The van der Waals surface area contributed by atoms with Crippen LogP contribution in [-0.2, 0) is 28.9 Å². The molecular formula is C20H28N4O5. The Morgan fingerprint density at radius 2 is 2.17 bits per heavy atom. The molecule has 0 spiro atoms. The van der Waals surface area contributed by atoms with Crippen LogP contribution in [0.2, 0.25) is 0 Å². The number of carbonyl (C=O) groups excluding carboxylic acids is 2. The Balaban J connectivity index is 1.65. The predicted molar refractivity (Wildman–Crippen MR) is 104 cm³/mol. The van der Waals surface area contributed by atoms with Gasteiger partial charge in [-0.2, -0.15) is 5.10 Å². The number of esters is 1. The van der Waals surface area contributed by atoms with Crippen LogP contribution in [0.4, 0.5) is 0 Å². The summed E-state index contributed by atoms with van der Waals surface area (Å²) in [5.74, 6) is -0.506. The van der Waals surface area contributed by atoms with Crippen molar-refractivity contribution in [2.75, 3.05) is 26.4 Å². The first-order chi connectivity index (χ1) is 14.1. The number of nitrogens with zero attached hydrogens (tertiary/aromatic N) is 3. The minimum absolute atomic E-state index is 0.0721. The molecule has 9 nitrogen and oxygen atoms in total. The number of carbonyl (C=O) groups is 2. The largest absolute Gasteiger partial charge is 0.460 e. The normalized spacial score (nSPS) is 15.3. The summed E-state index contributed by atoms with van der Waals surface area (Å²) in [6.07, 6.45) is 3.60. The standard InChI is InChI=1S/C20H28N4O5/c1-3-15-18-16(7-4-10-27-11-5-8-21-19(18)25)24(22-15)9-6-12-28-20(26)17-13-14(2)23-29-17/h13H,3-12H2,1-2H3,(H,21,25). The average Bonchev–Trinajstić information content (AvgIpc) is 3.29.